The number of benzene rings is 1. The van der Waals surface area contributed by atoms with Gasteiger partial charge in [0.1, 0.15) is 6.54 Å². The van der Waals surface area contributed by atoms with Gasteiger partial charge < -0.3 is 12.4 Å². The monoisotopic (exact) mass is 320 g/mol. The van der Waals surface area contributed by atoms with E-state index in [1.807, 2.05) is 6.08 Å². The van der Waals surface area contributed by atoms with E-state index in [9.17, 15) is 0 Å². The molecular formula is C19H29ClN2. The minimum atomic E-state index is 0. The molecule has 0 aliphatic carbocycles. The van der Waals surface area contributed by atoms with Crippen molar-refractivity contribution in [2.75, 3.05) is 0 Å². The number of hydrogen-bond donors (Lipinski definition) is 0. The molecule has 0 N–H and O–H groups in total. The van der Waals surface area contributed by atoms with Crippen molar-refractivity contribution in [3.63, 3.8) is 0 Å². The molecule has 122 valence electrons. The van der Waals surface area contributed by atoms with Crippen LogP contribution in [0.3, 0.4) is 0 Å². The maximum atomic E-state index is 3.85. The Morgan fingerprint density at radius 1 is 1.05 bits per heavy atom. The molecule has 1 heterocycles. The fraction of sp³-hybridized carbons (Fsp3) is 0.526. The average Bonchev–Trinajstić information content (AvgIpc) is 2.85. The molecule has 3 heteroatoms. The Balaban J connectivity index is 0.00000242. The predicted molar refractivity (Wildman–Crippen MR) is 90.3 cm³/mol. The standard InChI is InChI=1S/C19H29N2.ClH/c1-3-5-6-7-8-9-12-16-21-17-20(15-4-2)18-13-10-11-14-19(18)21;/h4,10-11,13-14,17H,2-3,5-9,12,15-16H2,1H3;1H/q+1;/p-1. The summed E-state index contributed by atoms with van der Waals surface area (Å²) in [7, 11) is 0. The van der Waals surface area contributed by atoms with Gasteiger partial charge in [0.2, 0.25) is 6.33 Å². The Kier molecular flexibility index (Phi) is 8.91. The molecule has 1 aromatic carbocycles. The minimum Gasteiger partial charge on any atom is -1.00 e. The van der Waals surface area contributed by atoms with Crippen LogP contribution < -0.4 is 17.0 Å². The Labute approximate surface area is 141 Å². The summed E-state index contributed by atoms with van der Waals surface area (Å²) in [5.74, 6) is 0. The van der Waals surface area contributed by atoms with Crippen LogP contribution in [0.2, 0.25) is 0 Å². The van der Waals surface area contributed by atoms with E-state index in [1.165, 1.54) is 56.0 Å². The molecule has 0 aliphatic rings. The molecule has 0 aliphatic heterocycles. The van der Waals surface area contributed by atoms with E-state index in [0.29, 0.717) is 0 Å². The average molecular weight is 321 g/mol. The van der Waals surface area contributed by atoms with E-state index in [0.717, 1.165) is 13.1 Å². The molecule has 0 saturated heterocycles. The fourth-order valence-corrected chi connectivity index (χ4v) is 2.94. The Morgan fingerprint density at radius 2 is 1.73 bits per heavy atom. The molecule has 2 aromatic rings. The topological polar surface area (TPSA) is 8.81 Å². The second-order valence-electron chi connectivity index (χ2n) is 5.86. The highest BCUT2D eigenvalue weighted by Gasteiger charge is 2.13. The Bertz CT molecular complexity index is 560. The van der Waals surface area contributed by atoms with E-state index < -0.39 is 0 Å². The van der Waals surface area contributed by atoms with Gasteiger partial charge in [-0.3, -0.25) is 0 Å². The number of halogens is 1. The third-order valence-electron chi connectivity index (χ3n) is 4.11. The molecule has 0 bridgehead atoms. The van der Waals surface area contributed by atoms with Crippen molar-refractivity contribution in [2.24, 2.45) is 0 Å². The van der Waals surface area contributed by atoms with E-state index in [1.54, 1.807) is 0 Å². The second kappa shape index (κ2) is 10.4. The van der Waals surface area contributed by atoms with E-state index in [2.05, 4.69) is 53.2 Å². The lowest BCUT2D eigenvalue weighted by Gasteiger charge is -2.00. The number of unbranched alkanes of at least 4 members (excludes halogenated alkanes) is 6. The second-order valence-corrected chi connectivity index (χ2v) is 5.86. The number of fused-ring (bicyclic) bond motifs is 1. The van der Waals surface area contributed by atoms with Crippen LogP contribution in [0.5, 0.6) is 0 Å². The summed E-state index contributed by atoms with van der Waals surface area (Å²) in [6, 6.07) is 8.65. The summed E-state index contributed by atoms with van der Waals surface area (Å²) in [4.78, 5) is 0. The zero-order chi connectivity index (χ0) is 14.9. The lowest BCUT2D eigenvalue weighted by molar-refractivity contribution is -0.672. The normalized spacial score (nSPS) is 10.6. The van der Waals surface area contributed by atoms with Crippen molar-refractivity contribution in [1.29, 1.82) is 0 Å². The summed E-state index contributed by atoms with van der Waals surface area (Å²) in [6.45, 7) is 8.13. The molecule has 22 heavy (non-hydrogen) atoms. The maximum Gasteiger partial charge on any atom is 0.245 e. The minimum absolute atomic E-state index is 0. The number of nitrogens with zero attached hydrogens (tertiary/aromatic N) is 2. The van der Waals surface area contributed by atoms with Gasteiger partial charge in [0.15, 0.2) is 11.0 Å². The van der Waals surface area contributed by atoms with Gasteiger partial charge in [0.05, 0.1) is 6.54 Å². The van der Waals surface area contributed by atoms with Crippen molar-refractivity contribution < 1.29 is 17.0 Å². The fourth-order valence-electron chi connectivity index (χ4n) is 2.94. The van der Waals surface area contributed by atoms with Crippen LogP contribution in [-0.4, -0.2) is 4.57 Å². The summed E-state index contributed by atoms with van der Waals surface area (Å²) in [6.07, 6.45) is 13.7. The number of imidazole rings is 1. The van der Waals surface area contributed by atoms with Crippen molar-refractivity contribution in [3.05, 3.63) is 43.2 Å². The molecule has 1 aromatic heterocycles. The first-order valence-corrected chi connectivity index (χ1v) is 8.45. The van der Waals surface area contributed by atoms with Crippen LogP contribution in [0.4, 0.5) is 0 Å². The number of hydrogen-bond acceptors (Lipinski definition) is 0. The van der Waals surface area contributed by atoms with Crippen molar-refractivity contribution in [1.82, 2.24) is 4.57 Å². The molecule has 0 unspecified atom stereocenters. The molecule has 2 nitrogen and oxygen atoms in total. The molecule has 0 amide bonds. The Hall–Kier alpha value is -1.28. The summed E-state index contributed by atoms with van der Waals surface area (Å²) in [5.41, 5.74) is 2.64. The van der Waals surface area contributed by atoms with Crippen LogP contribution in [0.25, 0.3) is 11.0 Å². The van der Waals surface area contributed by atoms with E-state index in [4.69, 9.17) is 0 Å². The first-order valence-electron chi connectivity index (χ1n) is 8.45. The first kappa shape index (κ1) is 18.8. The van der Waals surface area contributed by atoms with Gasteiger partial charge in [-0.15, -0.1) is 0 Å². The largest absolute Gasteiger partial charge is 1.00 e. The van der Waals surface area contributed by atoms with Gasteiger partial charge in [-0.05, 0) is 25.0 Å². The number of aryl methyl sites for hydroxylation is 1. The van der Waals surface area contributed by atoms with Crippen LogP contribution in [0.1, 0.15) is 51.9 Å². The predicted octanol–water partition coefficient (Wildman–Crippen LogP) is 1.87. The van der Waals surface area contributed by atoms with Gasteiger partial charge in [0.25, 0.3) is 0 Å². The summed E-state index contributed by atoms with van der Waals surface area (Å²) in [5, 5.41) is 0. The van der Waals surface area contributed by atoms with E-state index >= 15 is 0 Å². The van der Waals surface area contributed by atoms with Crippen LogP contribution in [-0.2, 0) is 13.1 Å². The zero-order valence-electron chi connectivity index (χ0n) is 13.8. The zero-order valence-corrected chi connectivity index (χ0v) is 14.6. The third-order valence-corrected chi connectivity index (χ3v) is 4.11. The van der Waals surface area contributed by atoms with Gasteiger partial charge in [-0.2, -0.15) is 0 Å². The van der Waals surface area contributed by atoms with Gasteiger partial charge in [-0.1, -0.05) is 63.8 Å². The highest BCUT2D eigenvalue weighted by Crippen LogP contribution is 2.12. The molecule has 0 fully saturated rings. The van der Waals surface area contributed by atoms with Crippen LogP contribution in [0.15, 0.2) is 43.2 Å². The molecule has 2 rings (SSSR count). The molecular weight excluding hydrogens is 292 g/mol. The van der Waals surface area contributed by atoms with Crippen molar-refractivity contribution >= 4 is 11.0 Å². The highest BCUT2D eigenvalue weighted by molar-refractivity contribution is 5.71. The van der Waals surface area contributed by atoms with Crippen LogP contribution >= 0.6 is 0 Å². The molecule has 0 atom stereocenters. The Morgan fingerprint density at radius 3 is 2.45 bits per heavy atom. The van der Waals surface area contributed by atoms with Crippen LogP contribution in [0, 0.1) is 0 Å². The molecule has 0 spiro atoms. The van der Waals surface area contributed by atoms with Gasteiger partial charge in [0, 0.05) is 0 Å². The lowest BCUT2D eigenvalue weighted by atomic mass is 10.1. The molecule has 0 saturated carbocycles. The maximum absolute atomic E-state index is 3.85. The quantitative estimate of drug-likeness (QED) is 0.359. The van der Waals surface area contributed by atoms with Crippen molar-refractivity contribution in [2.45, 2.75) is 65.0 Å². The lowest BCUT2D eigenvalue weighted by Crippen LogP contribution is -3.00. The summed E-state index contributed by atoms with van der Waals surface area (Å²) < 4.78 is 4.68. The SMILES string of the molecule is C=CCn1c[n+](CCCCCCCCC)c2ccccc21.[Cl-]. The first-order chi connectivity index (χ1) is 10.4. The van der Waals surface area contributed by atoms with Gasteiger partial charge >= 0.3 is 0 Å². The number of allylic oxidation sites excluding steroid dienone is 1. The number of aromatic nitrogens is 2. The molecule has 0 radical (unpaired) electrons. The van der Waals surface area contributed by atoms with Crippen molar-refractivity contribution in [3.8, 4) is 0 Å². The third kappa shape index (κ3) is 5.17. The highest BCUT2D eigenvalue weighted by atomic mass is 35.5. The van der Waals surface area contributed by atoms with E-state index in [-0.39, 0.29) is 12.4 Å². The summed E-state index contributed by atoms with van der Waals surface area (Å²) >= 11 is 0. The number of rotatable bonds is 10. The smallest absolute Gasteiger partial charge is 0.245 e. The number of para-hydroxylation sites is 2. The van der Waals surface area contributed by atoms with Gasteiger partial charge in [-0.25, -0.2) is 9.13 Å².